The molecule has 0 spiro atoms. The average molecular weight is 345 g/mol. The van der Waals surface area contributed by atoms with Crippen LogP contribution in [0.25, 0.3) is 11.4 Å². The van der Waals surface area contributed by atoms with Gasteiger partial charge in [0.15, 0.2) is 0 Å². The summed E-state index contributed by atoms with van der Waals surface area (Å²) >= 11 is 3.45. The second kappa shape index (κ2) is 6.61. The number of fused-ring (bicyclic) bond motifs is 1. The summed E-state index contributed by atoms with van der Waals surface area (Å²) < 4.78 is 2.36. The molecule has 1 amide bonds. The number of rotatable bonds is 3. The number of nitrogens with one attached hydrogen (secondary N) is 1. The van der Waals surface area contributed by atoms with Crippen molar-refractivity contribution >= 4 is 35.1 Å². The first-order valence-electron chi connectivity index (χ1n) is 8.00. The molecule has 3 heterocycles. The minimum absolute atomic E-state index is 0.0361. The Hall–Kier alpha value is -1.40. The van der Waals surface area contributed by atoms with Crippen molar-refractivity contribution in [1.29, 1.82) is 0 Å². The summed E-state index contributed by atoms with van der Waals surface area (Å²) in [4.78, 5) is 16.7. The van der Waals surface area contributed by atoms with Gasteiger partial charge in [0.2, 0.25) is 5.91 Å². The molecule has 1 saturated heterocycles. The average Bonchev–Trinajstić information content (AvgIpc) is 3.25. The number of hydrogen-bond donors (Lipinski definition) is 1. The normalized spacial score (nSPS) is 17.9. The fourth-order valence-corrected chi connectivity index (χ4v) is 5.66. The zero-order valence-corrected chi connectivity index (χ0v) is 14.5. The maximum atomic E-state index is 12.2. The van der Waals surface area contributed by atoms with Gasteiger partial charge >= 0.3 is 0 Å². The predicted molar refractivity (Wildman–Crippen MR) is 97.9 cm³/mol. The van der Waals surface area contributed by atoms with E-state index >= 15 is 0 Å². The summed E-state index contributed by atoms with van der Waals surface area (Å²) in [7, 11) is 0. The molecule has 4 nitrogen and oxygen atoms in total. The summed E-state index contributed by atoms with van der Waals surface area (Å²) in [6.07, 6.45) is 5.60. The molecule has 2 aromatic rings. The van der Waals surface area contributed by atoms with Crippen molar-refractivity contribution in [2.24, 2.45) is 0 Å². The predicted octanol–water partition coefficient (Wildman–Crippen LogP) is 3.63. The number of imidazole rings is 1. The molecular formula is C17H19N3OS2. The number of nitrogens with zero attached hydrogens (tertiary/aromatic N) is 2. The van der Waals surface area contributed by atoms with E-state index in [1.807, 2.05) is 18.3 Å². The van der Waals surface area contributed by atoms with Gasteiger partial charge in [0.1, 0.15) is 10.4 Å². The van der Waals surface area contributed by atoms with Gasteiger partial charge in [-0.1, -0.05) is 0 Å². The molecule has 4 rings (SSSR count). The first kappa shape index (κ1) is 15.1. The van der Waals surface area contributed by atoms with Crippen molar-refractivity contribution < 1.29 is 4.79 Å². The molecule has 120 valence electrons. The standard InChI is InChI=1S/C17H19N3OS2/c21-16(17-22-9-10-23-17)19-13-6-4-12(5-7-13)15-18-11-14-3-1-2-8-20(14)15/h4-7,11,17H,1-3,8-10H2,(H,19,21). The zero-order chi connectivity index (χ0) is 15.6. The first-order chi connectivity index (χ1) is 11.3. The molecule has 0 bridgehead atoms. The Balaban J connectivity index is 1.49. The van der Waals surface area contributed by atoms with Gasteiger partial charge in [0.25, 0.3) is 0 Å². The van der Waals surface area contributed by atoms with Gasteiger partial charge in [-0.3, -0.25) is 4.79 Å². The Bertz CT molecular complexity index is 705. The van der Waals surface area contributed by atoms with Crippen LogP contribution in [0.5, 0.6) is 0 Å². The minimum Gasteiger partial charge on any atom is -0.328 e. The van der Waals surface area contributed by atoms with E-state index in [-0.39, 0.29) is 10.5 Å². The van der Waals surface area contributed by atoms with E-state index < -0.39 is 0 Å². The van der Waals surface area contributed by atoms with Crippen LogP contribution in [0.15, 0.2) is 30.5 Å². The van der Waals surface area contributed by atoms with Crippen LogP contribution in [-0.4, -0.2) is 31.5 Å². The van der Waals surface area contributed by atoms with Crippen LogP contribution in [0.3, 0.4) is 0 Å². The largest absolute Gasteiger partial charge is 0.328 e. The molecule has 2 aliphatic heterocycles. The lowest BCUT2D eigenvalue weighted by molar-refractivity contribution is -0.114. The number of amides is 1. The molecular weight excluding hydrogens is 326 g/mol. The molecule has 0 unspecified atom stereocenters. The third-order valence-corrected chi connectivity index (χ3v) is 7.24. The summed E-state index contributed by atoms with van der Waals surface area (Å²) in [5, 5.41) is 3.01. The number of anilines is 1. The minimum atomic E-state index is 0.0361. The fraction of sp³-hybridized carbons (Fsp3) is 0.412. The molecule has 0 radical (unpaired) electrons. The number of aryl methyl sites for hydroxylation is 1. The Labute approximate surface area is 144 Å². The highest BCUT2D eigenvalue weighted by atomic mass is 32.2. The van der Waals surface area contributed by atoms with Gasteiger partial charge in [-0.2, -0.15) is 0 Å². The Morgan fingerprint density at radius 3 is 2.74 bits per heavy atom. The lowest BCUT2D eigenvalue weighted by Gasteiger charge is -2.16. The Morgan fingerprint density at radius 1 is 1.17 bits per heavy atom. The van der Waals surface area contributed by atoms with Crippen molar-refractivity contribution in [3.63, 3.8) is 0 Å². The van der Waals surface area contributed by atoms with Gasteiger partial charge in [0.05, 0.1) is 0 Å². The van der Waals surface area contributed by atoms with Crippen molar-refractivity contribution in [3.05, 3.63) is 36.2 Å². The Kier molecular flexibility index (Phi) is 4.35. The van der Waals surface area contributed by atoms with Crippen LogP contribution in [0.1, 0.15) is 18.5 Å². The molecule has 0 saturated carbocycles. The summed E-state index contributed by atoms with van der Waals surface area (Å²) in [6.45, 7) is 1.05. The molecule has 6 heteroatoms. The van der Waals surface area contributed by atoms with E-state index in [2.05, 4.69) is 27.0 Å². The summed E-state index contributed by atoms with van der Waals surface area (Å²) in [5.74, 6) is 3.27. The molecule has 0 aliphatic carbocycles. The van der Waals surface area contributed by atoms with Crippen LogP contribution in [0.4, 0.5) is 5.69 Å². The van der Waals surface area contributed by atoms with Crippen molar-refractivity contribution in [2.45, 2.75) is 30.4 Å². The lowest BCUT2D eigenvalue weighted by Crippen LogP contribution is -2.20. The molecule has 1 aromatic heterocycles. The number of thioether (sulfide) groups is 2. The third-order valence-electron chi connectivity index (χ3n) is 4.25. The third kappa shape index (κ3) is 3.15. The molecule has 1 aromatic carbocycles. The molecule has 1 N–H and O–H groups in total. The number of carbonyl (C=O) groups is 1. The highest BCUT2D eigenvalue weighted by molar-refractivity contribution is 8.21. The second-order valence-corrected chi connectivity index (χ2v) is 8.55. The number of carbonyl (C=O) groups excluding carboxylic acids is 1. The van der Waals surface area contributed by atoms with Gasteiger partial charge in [-0.25, -0.2) is 4.98 Å². The van der Waals surface area contributed by atoms with E-state index in [9.17, 15) is 4.79 Å². The molecule has 23 heavy (non-hydrogen) atoms. The molecule has 2 aliphatic rings. The zero-order valence-electron chi connectivity index (χ0n) is 12.8. The topological polar surface area (TPSA) is 46.9 Å². The van der Waals surface area contributed by atoms with Gasteiger partial charge < -0.3 is 9.88 Å². The highest BCUT2D eigenvalue weighted by Gasteiger charge is 2.24. The van der Waals surface area contributed by atoms with Crippen LogP contribution in [0.2, 0.25) is 0 Å². The molecule has 1 fully saturated rings. The summed E-state index contributed by atoms with van der Waals surface area (Å²) in [5.41, 5.74) is 3.30. The van der Waals surface area contributed by atoms with Gasteiger partial charge in [-0.05, 0) is 43.5 Å². The van der Waals surface area contributed by atoms with E-state index in [0.29, 0.717) is 0 Å². The van der Waals surface area contributed by atoms with Gasteiger partial charge in [0, 0.05) is 41.2 Å². The number of hydrogen-bond acceptors (Lipinski definition) is 4. The first-order valence-corrected chi connectivity index (χ1v) is 10.1. The van der Waals surface area contributed by atoms with Gasteiger partial charge in [-0.15, -0.1) is 23.5 Å². The SMILES string of the molecule is O=C(Nc1ccc(-c2ncc3n2CCCC3)cc1)C1SCCS1. The van der Waals surface area contributed by atoms with E-state index in [4.69, 9.17) is 0 Å². The van der Waals surface area contributed by atoms with E-state index in [0.717, 1.165) is 41.5 Å². The van der Waals surface area contributed by atoms with Crippen LogP contribution < -0.4 is 5.32 Å². The maximum absolute atomic E-state index is 12.2. The van der Waals surface area contributed by atoms with Crippen molar-refractivity contribution in [1.82, 2.24) is 9.55 Å². The van der Waals surface area contributed by atoms with Crippen LogP contribution >= 0.6 is 23.5 Å². The van der Waals surface area contributed by atoms with Crippen molar-refractivity contribution in [3.8, 4) is 11.4 Å². The molecule has 0 atom stereocenters. The quantitative estimate of drug-likeness (QED) is 0.923. The lowest BCUT2D eigenvalue weighted by atomic mass is 10.1. The highest BCUT2D eigenvalue weighted by Crippen LogP contribution is 2.33. The maximum Gasteiger partial charge on any atom is 0.247 e. The Morgan fingerprint density at radius 2 is 1.96 bits per heavy atom. The van der Waals surface area contributed by atoms with E-state index in [1.54, 1.807) is 23.5 Å². The number of aromatic nitrogens is 2. The van der Waals surface area contributed by atoms with Crippen LogP contribution in [0, 0.1) is 0 Å². The second-order valence-electron chi connectivity index (χ2n) is 5.82. The summed E-state index contributed by atoms with van der Waals surface area (Å²) in [6, 6.07) is 8.05. The monoisotopic (exact) mass is 345 g/mol. The van der Waals surface area contributed by atoms with Crippen molar-refractivity contribution in [2.75, 3.05) is 16.8 Å². The number of benzene rings is 1. The van der Waals surface area contributed by atoms with E-state index in [1.165, 1.54) is 18.5 Å². The fourth-order valence-electron chi connectivity index (χ4n) is 3.08. The van der Waals surface area contributed by atoms with Crippen LogP contribution in [-0.2, 0) is 17.8 Å². The smallest absolute Gasteiger partial charge is 0.247 e.